The van der Waals surface area contributed by atoms with Crippen molar-refractivity contribution in [1.82, 2.24) is 4.98 Å². The summed E-state index contributed by atoms with van der Waals surface area (Å²) in [6, 6.07) is 5.63. The number of halogens is 1. The Bertz CT molecular complexity index is 477. The Morgan fingerprint density at radius 1 is 1.46 bits per heavy atom. The molecule has 0 spiro atoms. The van der Waals surface area contributed by atoms with Gasteiger partial charge >= 0.3 is 0 Å². The number of hydrogen-bond acceptors (Lipinski definition) is 3. The molecule has 0 aliphatic carbocycles. The summed E-state index contributed by atoms with van der Waals surface area (Å²) in [6.07, 6.45) is 0. The molecule has 0 aliphatic rings. The first kappa shape index (κ1) is 8.49. The average molecular weight is 287 g/mol. The number of nitrogens with zero attached hydrogens (tertiary/aromatic N) is 1. The molecule has 0 amide bonds. The third kappa shape index (κ3) is 1.19. The molecular formula is C8H6IN3O. The van der Waals surface area contributed by atoms with E-state index in [1.54, 1.807) is 0 Å². The van der Waals surface area contributed by atoms with Gasteiger partial charge in [-0.3, -0.25) is 0 Å². The van der Waals surface area contributed by atoms with Crippen LogP contribution in [0.1, 0.15) is 0 Å². The van der Waals surface area contributed by atoms with Crippen LogP contribution in [-0.4, -0.2) is 10.1 Å². The molecule has 66 valence electrons. The molecule has 0 saturated heterocycles. The van der Waals surface area contributed by atoms with E-state index in [0.29, 0.717) is 5.69 Å². The van der Waals surface area contributed by atoms with Gasteiger partial charge in [0.05, 0.1) is 5.52 Å². The highest BCUT2D eigenvalue weighted by Crippen LogP contribution is 2.37. The topological polar surface area (TPSA) is 72.2 Å². The molecule has 3 N–H and O–H groups in total. The molecular weight excluding hydrogens is 281 g/mol. The smallest absolute Gasteiger partial charge is 0.218 e. The van der Waals surface area contributed by atoms with Crippen molar-refractivity contribution < 1.29 is 5.11 Å². The fourth-order valence-electron chi connectivity index (χ4n) is 1.28. The van der Waals surface area contributed by atoms with Crippen molar-refractivity contribution in [2.45, 2.75) is 0 Å². The molecule has 5 heteroatoms. The number of nitrogens with one attached hydrogen (secondary N) is 2. The van der Waals surface area contributed by atoms with Crippen LogP contribution in [-0.2, 0) is 0 Å². The quantitative estimate of drug-likeness (QED) is 0.547. The summed E-state index contributed by atoms with van der Waals surface area (Å²) in [7, 11) is 0. The maximum absolute atomic E-state index is 9.39. The SMILES string of the molecule is N=Nc1c(O)[nH]c2cccc(I)c12. The molecule has 0 saturated carbocycles. The second-order valence-corrected chi connectivity index (χ2v) is 3.76. The highest BCUT2D eigenvalue weighted by Gasteiger charge is 2.11. The largest absolute Gasteiger partial charge is 0.493 e. The number of aromatic hydroxyl groups is 1. The summed E-state index contributed by atoms with van der Waals surface area (Å²) in [5.74, 6) is -0.0471. The Kier molecular flexibility index (Phi) is 1.95. The average Bonchev–Trinajstić information content (AvgIpc) is 2.42. The number of fused-ring (bicyclic) bond motifs is 1. The molecule has 4 nitrogen and oxygen atoms in total. The predicted octanol–water partition coefficient (Wildman–Crippen LogP) is 3.14. The molecule has 0 aliphatic heterocycles. The van der Waals surface area contributed by atoms with Crippen LogP contribution in [0.25, 0.3) is 10.9 Å². The van der Waals surface area contributed by atoms with Gasteiger partial charge in [-0.05, 0) is 34.7 Å². The highest BCUT2D eigenvalue weighted by molar-refractivity contribution is 14.1. The summed E-state index contributed by atoms with van der Waals surface area (Å²) < 4.78 is 0.970. The van der Waals surface area contributed by atoms with E-state index in [2.05, 4.69) is 32.7 Å². The summed E-state index contributed by atoms with van der Waals surface area (Å²) in [6.45, 7) is 0. The van der Waals surface area contributed by atoms with Gasteiger partial charge < -0.3 is 10.1 Å². The van der Waals surface area contributed by atoms with Gasteiger partial charge in [0.2, 0.25) is 5.88 Å². The Hall–Kier alpha value is -1.11. The minimum Gasteiger partial charge on any atom is -0.493 e. The molecule has 2 aromatic rings. The molecule has 0 radical (unpaired) electrons. The molecule has 2 rings (SSSR count). The lowest BCUT2D eigenvalue weighted by Crippen LogP contribution is -1.71. The normalized spacial score (nSPS) is 10.5. The zero-order valence-electron chi connectivity index (χ0n) is 6.50. The van der Waals surface area contributed by atoms with Crippen LogP contribution in [0.4, 0.5) is 5.69 Å². The van der Waals surface area contributed by atoms with Crippen LogP contribution in [0.2, 0.25) is 0 Å². The fraction of sp³-hybridized carbons (Fsp3) is 0. The van der Waals surface area contributed by atoms with Crippen molar-refractivity contribution >= 4 is 39.2 Å². The van der Waals surface area contributed by atoms with Gasteiger partial charge in [0.15, 0.2) is 5.69 Å². The standard InChI is InChI=1S/C8H6IN3O/c9-4-2-1-3-5-6(4)7(12-10)8(13)11-5/h1-3,10-11,13H. The van der Waals surface area contributed by atoms with Crippen molar-refractivity contribution in [2.75, 3.05) is 0 Å². The number of rotatable bonds is 1. The van der Waals surface area contributed by atoms with Gasteiger partial charge in [-0.1, -0.05) is 6.07 Å². The maximum Gasteiger partial charge on any atom is 0.218 e. The van der Waals surface area contributed by atoms with Gasteiger partial charge in [0, 0.05) is 8.96 Å². The van der Waals surface area contributed by atoms with Gasteiger partial charge in [-0.2, -0.15) is 5.11 Å². The number of aromatic nitrogens is 1. The minimum absolute atomic E-state index is 0.0471. The van der Waals surface area contributed by atoms with E-state index in [4.69, 9.17) is 5.53 Å². The minimum atomic E-state index is -0.0471. The third-order valence-electron chi connectivity index (χ3n) is 1.84. The van der Waals surface area contributed by atoms with Crippen LogP contribution in [0, 0.1) is 9.10 Å². The molecule has 1 aromatic carbocycles. The Morgan fingerprint density at radius 2 is 2.23 bits per heavy atom. The molecule has 13 heavy (non-hydrogen) atoms. The van der Waals surface area contributed by atoms with E-state index in [1.165, 1.54) is 0 Å². The molecule has 0 fully saturated rings. The van der Waals surface area contributed by atoms with E-state index in [9.17, 15) is 5.11 Å². The van der Waals surface area contributed by atoms with Gasteiger partial charge in [-0.25, -0.2) is 5.53 Å². The molecule has 0 unspecified atom stereocenters. The third-order valence-corrected chi connectivity index (χ3v) is 2.74. The summed E-state index contributed by atoms with van der Waals surface area (Å²) in [5, 5.41) is 13.5. The van der Waals surface area contributed by atoms with Gasteiger partial charge in [-0.15, -0.1) is 0 Å². The zero-order chi connectivity index (χ0) is 9.42. The van der Waals surface area contributed by atoms with Crippen LogP contribution >= 0.6 is 22.6 Å². The number of aromatic amines is 1. The molecule has 1 heterocycles. The van der Waals surface area contributed by atoms with Crippen molar-refractivity contribution in [3.63, 3.8) is 0 Å². The summed E-state index contributed by atoms with van der Waals surface area (Å²) in [5.41, 5.74) is 8.03. The Morgan fingerprint density at radius 3 is 2.92 bits per heavy atom. The Labute approximate surface area is 87.6 Å². The second-order valence-electron chi connectivity index (χ2n) is 2.60. The van der Waals surface area contributed by atoms with Crippen molar-refractivity contribution in [3.05, 3.63) is 21.8 Å². The van der Waals surface area contributed by atoms with Crippen molar-refractivity contribution in [2.24, 2.45) is 5.11 Å². The summed E-state index contributed by atoms with van der Waals surface area (Å²) >= 11 is 2.15. The van der Waals surface area contributed by atoms with E-state index in [-0.39, 0.29) is 5.88 Å². The van der Waals surface area contributed by atoms with Crippen LogP contribution in [0.5, 0.6) is 5.88 Å². The lowest BCUT2D eigenvalue weighted by molar-refractivity contribution is 0.459. The van der Waals surface area contributed by atoms with Crippen LogP contribution in [0.3, 0.4) is 0 Å². The maximum atomic E-state index is 9.39. The monoisotopic (exact) mass is 287 g/mol. The molecule has 0 bridgehead atoms. The molecule has 1 aromatic heterocycles. The number of benzene rings is 1. The zero-order valence-corrected chi connectivity index (χ0v) is 8.66. The lowest BCUT2D eigenvalue weighted by Gasteiger charge is -1.92. The summed E-state index contributed by atoms with van der Waals surface area (Å²) in [4.78, 5) is 2.76. The van der Waals surface area contributed by atoms with E-state index >= 15 is 0 Å². The number of H-pyrrole nitrogens is 1. The van der Waals surface area contributed by atoms with E-state index in [1.807, 2.05) is 18.2 Å². The van der Waals surface area contributed by atoms with Crippen LogP contribution in [0.15, 0.2) is 23.3 Å². The van der Waals surface area contributed by atoms with E-state index in [0.717, 1.165) is 14.5 Å². The van der Waals surface area contributed by atoms with Crippen LogP contribution < -0.4 is 0 Å². The van der Waals surface area contributed by atoms with Crippen molar-refractivity contribution in [3.8, 4) is 5.88 Å². The predicted molar refractivity (Wildman–Crippen MR) is 57.5 cm³/mol. The highest BCUT2D eigenvalue weighted by atomic mass is 127. The van der Waals surface area contributed by atoms with E-state index < -0.39 is 0 Å². The van der Waals surface area contributed by atoms with Gasteiger partial charge in [0.25, 0.3) is 0 Å². The number of hydrogen-bond donors (Lipinski definition) is 3. The lowest BCUT2D eigenvalue weighted by atomic mass is 10.2. The Balaban J connectivity index is 2.96. The fourth-order valence-corrected chi connectivity index (χ4v) is 2.04. The first-order valence-electron chi connectivity index (χ1n) is 3.60. The van der Waals surface area contributed by atoms with Crippen molar-refractivity contribution in [1.29, 1.82) is 5.53 Å². The van der Waals surface area contributed by atoms with Gasteiger partial charge in [0.1, 0.15) is 0 Å². The first-order valence-corrected chi connectivity index (χ1v) is 4.68. The first-order chi connectivity index (χ1) is 6.24. The second kappa shape index (κ2) is 2.99. The molecule has 0 atom stereocenters.